The third kappa shape index (κ3) is 5.21. The summed E-state index contributed by atoms with van der Waals surface area (Å²) in [5.74, 6) is -0.822. The van der Waals surface area contributed by atoms with Crippen molar-refractivity contribution in [3.63, 3.8) is 0 Å². The van der Waals surface area contributed by atoms with Gasteiger partial charge in [0, 0.05) is 23.2 Å². The second-order valence-electron chi connectivity index (χ2n) is 9.01. The number of benzene rings is 2. The van der Waals surface area contributed by atoms with Crippen LogP contribution in [0.15, 0.2) is 42.5 Å². The fraction of sp³-hybridized carbons (Fsp3) is 0.440. The highest BCUT2D eigenvalue weighted by atomic mass is 35.5. The molecule has 2 aromatic carbocycles. The van der Waals surface area contributed by atoms with Crippen LogP contribution in [0.4, 0.5) is 9.18 Å². The first-order chi connectivity index (χ1) is 15.8. The lowest BCUT2D eigenvalue weighted by atomic mass is 9.86. The lowest BCUT2D eigenvalue weighted by molar-refractivity contribution is -0.179. The second-order valence-corrected chi connectivity index (χ2v) is 9.45. The summed E-state index contributed by atoms with van der Waals surface area (Å²) in [5, 5.41) is 10.2. The number of likely N-dealkylation sites (tertiary alicyclic amines) is 1. The fourth-order valence-corrected chi connectivity index (χ4v) is 4.79. The summed E-state index contributed by atoms with van der Waals surface area (Å²) in [6, 6.07) is 11.1. The lowest BCUT2D eigenvalue weighted by Crippen LogP contribution is -2.42. The Morgan fingerprint density at radius 3 is 2.70 bits per heavy atom. The average Bonchev–Trinajstić information content (AvgIpc) is 3.05. The average molecular weight is 476 g/mol. The highest BCUT2D eigenvalue weighted by Gasteiger charge is 2.51. The van der Waals surface area contributed by atoms with E-state index in [1.54, 1.807) is 25.1 Å². The number of imide groups is 1. The zero-order valence-corrected chi connectivity index (χ0v) is 19.2. The molecule has 4 rings (SSSR count). The molecule has 2 aliphatic heterocycles. The highest BCUT2D eigenvalue weighted by Crippen LogP contribution is 2.38. The highest BCUT2D eigenvalue weighted by molar-refractivity contribution is 6.30. The number of halogens is 2. The van der Waals surface area contributed by atoms with E-state index in [2.05, 4.69) is 0 Å². The van der Waals surface area contributed by atoms with Gasteiger partial charge < -0.3 is 14.6 Å². The summed E-state index contributed by atoms with van der Waals surface area (Å²) in [6.45, 7) is 2.50. The van der Waals surface area contributed by atoms with Crippen LogP contribution >= 0.6 is 11.6 Å². The van der Waals surface area contributed by atoms with E-state index >= 15 is 0 Å². The van der Waals surface area contributed by atoms with Crippen LogP contribution in [0.5, 0.6) is 0 Å². The van der Waals surface area contributed by atoms with E-state index in [4.69, 9.17) is 21.1 Å². The Bertz CT molecular complexity index is 1020. The Morgan fingerprint density at radius 1 is 1.27 bits per heavy atom. The minimum Gasteiger partial charge on any atom is -0.465 e. The molecule has 3 unspecified atom stereocenters. The number of amides is 2. The first kappa shape index (κ1) is 23.7. The zero-order valence-electron chi connectivity index (χ0n) is 18.4. The Hall–Kier alpha value is -2.48. The number of ether oxygens (including phenoxy) is 2. The van der Waals surface area contributed by atoms with Crippen molar-refractivity contribution in [3.8, 4) is 11.1 Å². The molecule has 1 N–H and O–H groups in total. The van der Waals surface area contributed by atoms with Gasteiger partial charge in [-0.2, -0.15) is 0 Å². The van der Waals surface area contributed by atoms with Crippen molar-refractivity contribution >= 4 is 23.6 Å². The van der Waals surface area contributed by atoms with Gasteiger partial charge in [0.15, 0.2) is 6.29 Å². The summed E-state index contributed by atoms with van der Waals surface area (Å²) in [7, 11) is 0. The Labute approximate surface area is 197 Å². The van der Waals surface area contributed by atoms with E-state index in [0.29, 0.717) is 35.6 Å². The molecule has 8 heteroatoms. The van der Waals surface area contributed by atoms with Gasteiger partial charge in [-0.1, -0.05) is 35.9 Å². The summed E-state index contributed by atoms with van der Waals surface area (Å²) in [5.41, 5.74) is 0.980. The number of hydrogen-bond acceptors (Lipinski definition) is 4. The predicted octanol–water partition coefficient (Wildman–Crippen LogP) is 5.52. The maximum atomic E-state index is 14.2. The van der Waals surface area contributed by atoms with E-state index in [9.17, 15) is 19.1 Å². The van der Waals surface area contributed by atoms with Crippen LogP contribution in [0.25, 0.3) is 11.1 Å². The fourth-order valence-electron chi connectivity index (χ4n) is 4.61. The molecule has 2 saturated heterocycles. The zero-order chi connectivity index (χ0) is 23.6. The van der Waals surface area contributed by atoms with Gasteiger partial charge >= 0.3 is 6.09 Å². The number of hydrogen-bond donors (Lipinski definition) is 1. The van der Waals surface area contributed by atoms with Gasteiger partial charge in [0.25, 0.3) is 0 Å². The van der Waals surface area contributed by atoms with Crippen molar-refractivity contribution in [2.24, 2.45) is 5.41 Å². The molecular weight excluding hydrogens is 449 g/mol. The number of carboxylic acid groups (broad SMARTS) is 1. The minimum atomic E-state index is -1.26. The van der Waals surface area contributed by atoms with Crippen LogP contribution in [-0.4, -0.2) is 47.6 Å². The van der Waals surface area contributed by atoms with E-state index in [0.717, 1.165) is 29.7 Å². The van der Waals surface area contributed by atoms with Gasteiger partial charge in [-0.05, 0) is 68.4 Å². The second kappa shape index (κ2) is 9.79. The largest absolute Gasteiger partial charge is 0.465 e. The molecule has 0 bridgehead atoms. The predicted molar refractivity (Wildman–Crippen MR) is 121 cm³/mol. The van der Waals surface area contributed by atoms with Crippen molar-refractivity contribution in [2.75, 3.05) is 13.2 Å². The molecule has 0 aliphatic carbocycles. The molecule has 2 heterocycles. The molecule has 0 spiro atoms. The van der Waals surface area contributed by atoms with Crippen LogP contribution in [0, 0.1) is 11.2 Å². The molecule has 176 valence electrons. The molecule has 2 aliphatic rings. The standard InChI is InChI=1S/C25H27ClFNO5/c1-25(15-33-22-4-2-3-11-32-22)14-19(28(23(25)29)24(30)31)12-16-5-7-17(8-6-16)20-13-18(26)9-10-21(20)27/h5-10,13,19,22H,2-4,11-12,14-15H2,1H3,(H,30,31). The van der Waals surface area contributed by atoms with Crippen molar-refractivity contribution in [3.05, 3.63) is 58.9 Å². The van der Waals surface area contributed by atoms with Crippen LogP contribution in [0.1, 0.15) is 38.2 Å². The van der Waals surface area contributed by atoms with Gasteiger partial charge in [0.2, 0.25) is 5.91 Å². The van der Waals surface area contributed by atoms with Crippen LogP contribution < -0.4 is 0 Å². The maximum absolute atomic E-state index is 14.2. The van der Waals surface area contributed by atoms with E-state index in [-0.39, 0.29) is 18.7 Å². The molecular formula is C25H27ClFNO5. The third-order valence-corrected chi connectivity index (χ3v) is 6.62. The van der Waals surface area contributed by atoms with Gasteiger partial charge in [-0.15, -0.1) is 0 Å². The van der Waals surface area contributed by atoms with Crippen molar-refractivity contribution in [1.82, 2.24) is 4.90 Å². The lowest BCUT2D eigenvalue weighted by Gasteiger charge is -2.27. The SMILES string of the molecule is CC1(COC2CCCCO2)CC(Cc2ccc(-c3cc(Cl)ccc3F)cc2)N(C(=O)O)C1=O. The first-order valence-corrected chi connectivity index (χ1v) is 11.5. The monoisotopic (exact) mass is 475 g/mol. The number of rotatable bonds is 6. The normalized spacial score (nSPS) is 25.4. The smallest absolute Gasteiger partial charge is 0.414 e. The Kier molecular flexibility index (Phi) is 7.02. The quantitative estimate of drug-likeness (QED) is 0.595. The summed E-state index contributed by atoms with van der Waals surface area (Å²) >= 11 is 5.99. The Morgan fingerprint density at radius 2 is 2.03 bits per heavy atom. The molecule has 0 saturated carbocycles. The van der Waals surface area contributed by atoms with E-state index < -0.39 is 23.5 Å². The third-order valence-electron chi connectivity index (χ3n) is 6.38. The molecule has 3 atom stereocenters. The van der Waals surface area contributed by atoms with Crippen LogP contribution in [0.3, 0.4) is 0 Å². The van der Waals surface area contributed by atoms with Crippen LogP contribution in [-0.2, 0) is 20.7 Å². The number of carbonyl (C=O) groups is 2. The minimum absolute atomic E-state index is 0.115. The van der Waals surface area contributed by atoms with Gasteiger partial charge in [-0.3, -0.25) is 4.79 Å². The summed E-state index contributed by atoms with van der Waals surface area (Å²) in [4.78, 5) is 25.8. The van der Waals surface area contributed by atoms with Gasteiger partial charge in [0.05, 0.1) is 12.0 Å². The van der Waals surface area contributed by atoms with Crippen LogP contribution in [0.2, 0.25) is 5.02 Å². The van der Waals surface area contributed by atoms with Gasteiger partial charge in [0.1, 0.15) is 5.82 Å². The topological polar surface area (TPSA) is 76.1 Å². The summed E-state index contributed by atoms with van der Waals surface area (Å²) < 4.78 is 25.6. The summed E-state index contributed by atoms with van der Waals surface area (Å²) in [6.07, 6.45) is 1.89. The number of nitrogens with zero attached hydrogens (tertiary/aromatic N) is 1. The molecule has 6 nitrogen and oxygen atoms in total. The van der Waals surface area contributed by atoms with Crippen molar-refractivity contribution < 1.29 is 28.6 Å². The van der Waals surface area contributed by atoms with E-state index in [1.165, 1.54) is 12.1 Å². The molecule has 0 aromatic heterocycles. The molecule has 2 fully saturated rings. The maximum Gasteiger partial charge on any atom is 0.414 e. The first-order valence-electron chi connectivity index (χ1n) is 11.1. The van der Waals surface area contributed by atoms with Crippen molar-refractivity contribution in [1.29, 1.82) is 0 Å². The van der Waals surface area contributed by atoms with Gasteiger partial charge in [-0.25, -0.2) is 14.1 Å². The molecule has 0 radical (unpaired) electrons. The Balaban J connectivity index is 1.47. The molecule has 2 aromatic rings. The van der Waals surface area contributed by atoms with Crippen molar-refractivity contribution in [2.45, 2.75) is 51.4 Å². The van der Waals surface area contributed by atoms with E-state index in [1.807, 2.05) is 12.1 Å². The molecule has 2 amide bonds. The number of carbonyl (C=O) groups excluding carboxylic acids is 1. The molecule has 33 heavy (non-hydrogen) atoms.